The second-order valence-corrected chi connectivity index (χ2v) is 5.45. The van der Waals surface area contributed by atoms with Gasteiger partial charge in [0, 0.05) is 0 Å². The average Bonchev–Trinajstić information content (AvgIpc) is 2.49. The van der Waals surface area contributed by atoms with Crippen LogP contribution in [0, 0.1) is 5.92 Å². The number of fused-ring (bicyclic) bond motifs is 1. The third-order valence-corrected chi connectivity index (χ3v) is 4.22. The quantitative estimate of drug-likeness (QED) is 0.912. The monoisotopic (exact) mass is 255 g/mol. The summed E-state index contributed by atoms with van der Waals surface area (Å²) in [5.41, 5.74) is 3.06. The summed E-state index contributed by atoms with van der Waals surface area (Å²) in [6.07, 6.45) is 8.64. The predicted molar refractivity (Wildman–Crippen MR) is 77.9 cm³/mol. The summed E-state index contributed by atoms with van der Waals surface area (Å²) in [4.78, 5) is 9.34. The van der Waals surface area contributed by atoms with Crippen LogP contribution >= 0.6 is 0 Å². The van der Waals surface area contributed by atoms with Crippen LogP contribution in [0.15, 0.2) is 30.5 Å². The third kappa shape index (κ3) is 2.61. The van der Waals surface area contributed by atoms with Crippen molar-refractivity contribution in [1.29, 1.82) is 0 Å². The molecule has 1 unspecified atom stereocenters. The van der Waals surface area contributed by atoms with Crippen molar-refractivity contribution in [3.63, 3.8) is 0 Å². The van der Waals surface area contributed by atoms with E-state index in [4.69, 9.17) is 4.98 Å². The van der Waals surface area contributed by atoms with Gasteiger partial charge in [-0.3, -0.25) is 4.98 Å². The van der Waals surface area contributed by atoms with Crippen LogP contribution in [-0.2, 0) is 0 Å². The minimum Gasteiger partial charge on any atom is -0.311 e. The molecule has 1 N–H and O–H groups in total. The summed E-state index contributed by atoms with van der Waals surface area (Å²) in [6.45, 7) is 0. The van der Waals surface area contributed by atoms with Crippen LogP contribution in [0.4, 0.5) is 0 Å². The minimum atomic E-state index is 0.345. The lowest BCUT2D eigenvalue weighted by Gasteiger charge is -2.29. The normalized spacial score (nSPS) is 18.6. The van der Waals surface area contributed by atoms with Gasteiger partial charge in [-0.1, -0.05) is 31.4 Å². The third-order valence-electron chi connectivity index (χ3n) is 4.22. The van der Waals surface area contributed by atoms with Crippen LogP contribution < -0.4 is 5.32 Å². The molecule has 1 aromatic carbocycles. The number of hydrogen-bond donors (Lipinski definition) is 1. The summed E-state index contributed by atoms with van der Waals surface area (Å²) >= 11 is 0. The number of benzene rings is 1. The molecule has 0 amide bonds. The molecule has 1 atom stereocenters. The Morgan fingerprint density at radius 1 is 1.11 bits per heavy atom. The summed E-state index contributed by atoms with van der Waals surface area (Å²) in [6, 6.07) is 8.43. The van der Waals surface area contributed by atoms with Crippen LogP contribution in [0.5, 0.6) is 0 Å². The Labute approximate surface area is 114 Å². The zero-order valence-electron chi connectivity index (χ0n) is 11.5. The largest absolute Gasteiger partial charge is 0.311 e. The van der Waals surface area contributed by atoms with Gasteiger partial charge in [0.05, 0.1) is 29.0 Å². The maximum Gasteiger partial charge on any atom is 0.0890 e. The molecule has 0 spiro atoms. The minimum absolute atomic E-state index is 0.345. The molecule has 3 nitrogen and oxygen atoms in total. The lowest BCUT2D eigenvalue weighted by atomic mass is 9.83. The predicted octanol–water partition coefficient (Wildman–Crippen LogP) is 3.47. The molecule has 0 bridgehead atoms. The first-order valence-electron chi connectivity index (χ1n) is 7.27. The Morgan fingerprint density at radius 2 is 1.84 bits per heavy atom. The van der Waals surface area contributed by atoms with Crippen molar-refractivity contribution in [2.75, 3.05) is 7.05 Å². The van der Waals surface area contributed by atoms with Crippen molar-refractivity contribution in [1.82, 2.24) is 15.3 Å². The summed E-state index contributed by atoms with van der Waals surface area (Å²) in [7, 11) is 2.04. The van der Waals surface area contributed by atoms with Crippen molar-refractivity contribution >= 4 is 11.0 Å². The first kappa shape index (κ1) is 12.5. The van der Waals surface area contributed by atoms with E-state index < -0.39 is 0 Å². The van der Waals surface area contributed by atoms with E-state index in [1.807, 2.05) is 37.5 Å². The van der Waals surface area contributed by atoms with Crippen LogP contribution in [-0.4, -0.2) is 17.0 Å². The van der Waals surface area contributed by atoms with Crippen molar-refractivity contribution < 1.29 is 0 Å². The van der Waals surface area contributed by atoms with E-state index in [2.05, 4.69) is 10.3 Å². The molecule has 0 radical (unpaired) electrons. The summed E-state index contributed by atoms with van der Waals surface area (Å²) in [5, 5.41) is 3.45. The Morgan fingerprint density at radius 3 is 2.58 bits per heavy atom. The van der Waals surface area contributed by atoms with Crippen LogP contribution in [0.1, 0.15) is 43.8 Å². The van der Waals surface area contributed by atoms with Gasteiger partial charge in [0.15, 0.2) is 0 Å². The standard InChI is InChI=1S/C16H21N3/c1-17-16(12-7-3-2-4-8-12)15-11-18-13-9-5-6-10-14(13)19-15/h5-6,9-12,16-17H,2-4,7-8H2,1H3. The van der Waals surface area contributed by atoms with Gasteiger partial charge in [-0.15, -0.1) is 0 Å². The second-order valence-electron chi connectivity index (χ2n) is 5.45. The lowest BCUT2D eigenvalue weighted by Crippen LogP contribution is -2.27. The second kappa shape index (κ2) is 5.66. The van der Waals surface area contributed by atoms with Crippen LogP contribution in [0.25, 0.3) is 11.0 Å². The number of aromatic nitrogens is 2. The van der Waals surface area contributed by atoms with E-state index in [9.17, 15) is 0 Å². The molecule has 1 fully saturated rings. The number of nitrogens with zero attached hydrogens (tertiary/aromatic N) is 2. The fourth-order valence-corrected chi connectivity index (χ4v) is 3.21. The fourth-order valence-electron chi connectivity index (χ4n) is 3.21. The first-order chi connectivity index (χ1) is 9.38. The molecule has 0 saturated heterocycles. The van der Waals surface area contributed by atoms with Gasteiger partial charge in [-0.25, -0.2) is 4.98 Å². The summed E-state index contributed by atoms with van der Waals surface area (Å²) < 4.78 is 0. The Bertz CT molecular complexity index is 546. The van der Waals surface area contributed by atoms with E-state index in [-0.39, 0.29) is 0 Å². The zero-order valence-corrected chi connectivity index (χ0v) is 11.5. The number of nitrogens with one attached hydrogen (secondary N) is 1. The molecule has 1 aliphatic rings. The van der Waals surface area contributed by atoms with E-state index >= 15 is 0 Å². The maximum absolute atomic E-state index is 4.80. The summed E-state index contributed by atoms with van der Waals surface area (Å²) in [5.74, 6) is 0.703. The molecule has 3 heteroatoms. The fraction of sp³-hybridized carbons (Fsp3) is 0.500. The van der Waals surface area contributed by atoms with Crippen LogP contribution in [0.2, 0.25) is 0 Å². The van der Waals surface area contributed by atoms with Crippen molar-refractivity contribution in [2.24, 2.45) is 5.92 Å². The molecular weight excluding hydrogens is 234 g/mol. The number of rotatable bonds is 3. The van der Waals surface area contributed by atoms with Gasteiger partial charge >= 0.3 is 0 Å². The van der Waals surface area contributed by atoms with Gasteiger partial charge in [-0.2, -0.15) is 0 Å². The first-order valence-corrected chi connectivity index (χ1v) is 7.27. The molecular formula is C16H21N3. The number of hydrogen-bond acceptors (Lipinski definition) is 3. The highest BCUT2D eigenvalue weighted by Gasteiger charge is 2.25. The van der Waals surface area contributed by atoms with Gasteiger partial charge < -0.3 is 5.32 Å². The van der Waals surface area contributed by atoms with Gasteiger partial charge in [0.2, 0.25) is 0 Å². The van der Waals surface area contributed by atoms with E-state index in [0.717, 1.165) is 16.7 Å². The van der Waals surface area contributed by atoms with Crippen LogP contribution in [0.3, 0.4) is 0 Å². The molecule has 2 aromatic rings. The highest BCUT2D eigenvalue weighted by atomic mass is 14.9. The Balaban J connectivity index is 1.91. The average molecular weight is 255 g/mol. The van der Waals surface area contributed by atoms with Crippen molar-refractivity contribution in [3.05, 3.63) is 36.2 Å². The van der Waals surface area contributed by atoms with Gasteiger partial charge in [0.25, 0.3) is 0 Å². The number of para-hydroxylation sites is 2. The van der Waals surface area contributed by atoms with E-state index in [0.29, 0.717) is 12.0 Å². The van der Waals surface area contributed by atoms with Gasteiger partial charge in [0.1, 0.15) is 0 Å². The topological polar surface area (TPSA) is 37.8 Å². The van der Waals surface area contributed by atoms with Gasteiger partial charge in [-0.05, 0) is 37.9 Å². The highest BCUT2D eigenvalue weighted by molar-refractivity contribution is 5.73. The maximum atomic E-state index is 4.80. The molecule has 1 aliphatic carbocycles. The lowest BCUT2D eigenvalue weighted by molar-refractivity contribution is 0.278. The Kier molecular flexibility index (Phi) is 3.74. The van der Waals surface area contributed by atoms with E-state index in [1.54, 1.807) is 0 Å². The molecule has 3 rings (SSSR count). The smallest absolute Gasteiger partial charge is 0.0890 e. The molecule has 1 saturated carbocycles. The van der Waals surface area contributed by atoms with Crippen molar-refractivity contribution in [2.45, 2.75) is 38.1 Å². The SMILES string of the molecule is CNC(c1cnc2ccccc2n1)C1CCCCC1. The molecule has 0 aliphatic heterocycles. The molecule has 1 aromatic heterocycles. The zero-order chi connectivity index (χ0) is 13.1. The van der Waals surface area contributed by atoms with E-state index in [1.165, 1.54) is 32.1 Å². The molecule has 100 valence electrons. The van der Waals surface area contributed by atoms with Crippen molar-refractivity contribution in [3.8, 4) is 0 Å². The highest BCUT2D eigenvalue weighted by Crippen LogP contribution is 2.33. The molecule has 1 heterocycles. The molecule has 19 heavy (non-hydrogen) atoms. The Hall–Kier alpha value is -1.48.